The molecule has 1 aromatic heterocycles. The molecular weight excluding hydrogens is 242 g/mol. The highest BCUT2D eigenvalue weighted by atomic mass is 16.5. The lowest BCUT2D eigenvalue weighted by atomic mass is 10.2. The molecule has 2 aromatic rings. The van der Waals surface area contributed by atoms with Gasteiger partial charge in [0.2, 0.25) is 6.39 Å². The summed E-state index contributed by atoms with van der Waals surface area (Å²) in [6, 6.07) is 8.07. The molecule has 5 heteroatoms. The van der Waals surface area contributed by atoms with Gasteiger partial charge in [-0.3, -0.25) is 0 Å². The minimum Gasteiger partial charge on any atom is -0.491 e. The van der Waals surface area contributed by atoms with Crippen LogP contribution in [-0.4, -0.2) is 22.8 Å². The topological polar surface area (TPSA) is 60.2 Å². The molecule has 0 fully saturated rings. The molecule has 5 nitrogen and oxygen atoms in total. The number of nitrogens with zero attached hydrogens (tertiary/aromatic N) is 2. The number of benzene rings is 1. The van der Waals surface area contributed by atoms with Gasteiger partial charge < -0.3 is 14.6 Å². The van der Waals surface area contributed by atoms with E-state index in [2.05, 4.69) is 26.0 Å². The molecule has 0 radical (unpaired) electrons. The molecule has 0 saturated carbocycles. The Morgan fingerprint density at radius 3 is 2.89 bits per heavy atom. The smallest absolute Gasteiger partial charge is 0.213 e. The number of ether oxygens (including phenoxy) is 1. The minimum atomic E-state index is 0.181. The average molecular weight is 261 g/mol. The van der Waals surface area contributed by atoms with Crippen molar-refractivity contribution in [3.05, 3.63) is 42.0 Å². The molecule has 102 valence electrons. The first-order chi connectivity index (χ1) is 9.25. The number of aromatic nitrogens is 2. The normalized spacial score (nSPS) is 10.9. The van der Waals surface area contributed by atoms with Gasteiger partial charge in [-0.25, -0.2) is 0 Å². The standard InChI is InChI=1S/C14H19N3O2/c1-11(2)19-13-6-4-3-5-12(13)9-15-8-7-14-16-10-18-17-14/h3-6,10-11,15H,7-9H2,1-2H3. The van der Waals surface area contributed by atoms with E-state index in [1.807, 2.05) is 32.0 Å². The first-order valence-electron chi connectivity index (χ1n) is 6.46. The molecule has 0 amide bonds. The molecule has 0 atom stereocenters. The van der Waals surface area contributed by atoms with E-state index in [1.54, 1.807) is 0 Å². The quantitative estimate of drug-likeness (QED) is 0.774. The Labute approximate surface area is 113 Å². The lowest BCUT2D eigenvalue weighted by Gasteiger charge is -2.14. The molecule has 19 heavy (non-hydrogen) atoms. The van der Waals surface area contributed by atoms with E-state index in [1.165, 1.54) is 6.39 Å². The van der Waals surface area contributed by atoms with Crippen LogP contribution in [0.2, 0.25) is 0 Å². The lowest BCUT2D eigenvalue weighted by molar-refractivity contribution is 0.239. The van der Waals surface area contributed by atoms with Crippen LogP contribution in [0.25, 0.3) is 0 Å². The van der Waals surface area contributed by atoms with Gasteiger partial charge >= 0.3 is 0 Å². The van der Waals surface area contributed by atoms with E-state index >= 15 is 0 Å². The van der Waals surface area contributed by atoms with Crippen LogP contribution in [0.4, 0.5) is 0 Å². The Bertz CT molecular complexity index is 483. The highest BCUT2D eigenvalue weighted by Crippen LogP contribution is 2.18. The van der Waals surface area contributed by atoms with Crippen LogP contribution < -0.4 is 10.1 Å². The molecule has 0 aliphatic heterocycles. The summed E-state index contributed by atoms with van der Waals surface area (Å²) in [5.41, 5.74) is 1.16. The van der Waals surface area contributed by atoms with E-state index in [4.69, 9.17) is 4.74 Å². The van der Waals surface area contributed by atoms with Crippen LogP contribution in [0.5, 0.6) is 5.75 Å². The third kappa shape index (κ3) is 4.37. The summed E-state index contributed by atoms with van der Waals surface area (Å²) in [5.74, 6) is 1.66. The molecule has 0 aliphatic rings. The largest absolute Gasteiger partial charge is 0.491 e. The zero-order valence-electron chi connectivity index (χ0n) is 11.3. The Hall–Kier alpha value is -1.88. The van der Waals surface area contributed by atoms with Gasteiger partial charge in [-0.1, -0.05) is 23.4 Å². The van der Waals surface area contributed by atoms with Crippen molar-refractivity contribution in [1.82, 2.24) is 15.5 Å². The summed E-state index contributed by atoms with van der Waals surface area (Å²) in [4.78, 5) is 3.98. The number of hydrogen-bond donors (Lipinski definition) is 1. The molecule has 0 bridgehead atoms. The zero-order chi connectivity index (χ0) is 13.5. The van der Waals surface area contributed by atoms with Gasteiger partial charge in [-0.2, -0.15) is 4.98 Å². The molecule has 2 rings (SSSR count). The molecule has 1 aromatic carbocycles. The van der Waals surface area contributed by atoms with E-state index in [0.29, 0.717) is 0 Å². The number of hydrogen-bond acceptors (Lipinski definition) is 5. The van der Waals surface area contributed by atoms with Crippen molar-refractivity contribution in [3.63, 3.8) is 0 Å². The second-order valence-corrected chi connectivity index (χ2v) is 4.55. The Morgan fingerprint density at radius 1 is 1.32 bits per heavy atom. The number of nitrogens with one attached hydrogen (secondary N) is 1. The molecule has 0 saturated heterocycles. The third-order valence-electron chi connectivity index (χ3n) is 2.58. The fourth-order valence-corrected chi connectivity index (χ4v) is 1.74. The minimum absolute atomic E-state index is 0.181. The van der Waals surface area contributed by atoms with Gasteiger partial charge in [0.05, 0.1) is 6.10 Å². The lowest BCUT2D eigenvalue weighted by Crippen LogP contribution is -2.18. The van der Waals surface area contributed by atoms with Crippen molar-refractivity contribution >= 4 is 0 Å². The van der Waals surface area contributed by atoms with Gasteiger partial charge in [0.1, 0.15) is 5.75 Å². The average Bonchev–Trinajstić information content (AvgIpc) is 2.89. The van der Waals surface area contributed by atoms with Crippen LogP contribution >= 0.6 is 0 Å². The molecule has 0 aliphatic carbocycles. The van der Waals surface area contributed by atoms with Crippen molar-refractivity contribution in [3.8, 4) is 5.75 Å². The summed E-state index contributed by atoms with van der Waals surface area (Å²) in [6.07, 6.45) is 2.28. The summed E-state index contributed by atoms with van der Waals surface area (Å²) in [6.45, 7) is 5.62. The molecule has 1 N–H and O–H groups in total. The van der Waals surface area contributed by atoms with Crippen LogP contribution in [-0.2, 0) is 13.0 Å². The van der Waals surface area contributed by atoms with Gasteiger partial charge in [0, 0.05) is 25.1 Å². The van der Waals surface area contributed by atoms with Gasteiger partial charge in [0.15, 0.2) is 5.82 Å². The van der Waals surface area contributed by atoms with Gasteiger partial charge in [0.25, 0.3) is 0 Å². The number of para-hydroxylation sites is 1. The van der Waals surface area contributed by atoms with E-state index < -0.39 is 0 Å². The number of rotatable bonds is 7. The van der Waals surface area contributed by atoms with Gasteiger partial charge in [-0.15, -0.1) is 0 Å². The van der Waals surface area contributed by atoms with E-state index in [0.717, 1.165) is 36.6 Å². The molecular formula is C14H19N3O2. The van der Waals surface area contributed by atoms with E-state index in [9.17, 15) is 0 Å². The third-order valence-corrected chi connectivity index (χ3v) is 2.58. The second kappa shape index (κ2) is 6.89. The van der Waals surface area contributed by atoms with Crippen LogP contribution in [0.3, 0.4) is 0 Å². The maximum absolute atomic E-state index is 5.77. The SMILES string of the molecule is CC(C)Oc1ccccc1CNCCc1ncon1. The van der Waals surface area contributed by atoms with Crippen molar-refractivity contribution in [2.75, 3.05) is 6.54 Å². The monoisotopic (exact) mass is 261 g/mol. The van der Waals surface area contributed by atoms with Crippen molar-refractivity contribution < 1.29 is 9.26 Å². The van der Waals surface area contributed by atoms with Crippen molar-refractivity contribution in [2.45, 2.75) is 32.9 Å². The van der Waals surface area contributed by atoms with Gasteiger partial charge in [-0.05, 0) is 19.9 Å². The highest BCUT2D eigenvalue weighted by Gasteiger charge is 2.04. The van der Waals surface area contributed by atoms with Crippen LogP contribution in [0.15, 0.2) is 35.2 Å². The summed E-state index contributed by atoms with van der Waals surface area (Å²) in [7, 11) is 0. The maximum Gasteiger partial charge on any atom is 0.213 e. The van der Waals surface area contributed by atoms with E-state index in [-0.39, 0.29) is 6.10 Å². The Kier molecular flexibility index (Phi) is 4.92. The zero-order valence-corrected chi connectivity index (χ0v) is 11.3. The summed E-state index contributed by atoms with van der Waals surface area (Å²) < 4.78 is 10.5. The van der Waals surface area contributed by atoms with Crippen LogP contribution in [0.1, 0.15) is 25.2 Å². The first kappa shape index (κ1) is 13.5. The predicted molar refractivity (Wildman–Crippen MR) is 71.9 cm³/mol. The maximum atomic E-state index is 5.77. The fourth-order valence-electron chi connectivity index (χ4n) is 1.74. The predicted octanol–water partition coefficient (Wildman–Crippen LogP) is 2.19. The fraction of sp³-hybridized carbons (Fsp3) is 0.429. The Morgan fingerprint density at radius 2 is 2.16 bits per heavy atom. The highest BCUT2D eigenvalue weighted by molar-refractivity contribution is 5.33. The molecule has 0 unspecified atom stereocenters. The Balaban J connectivity index is 1.82. The molecule has 1 heterocycles. The van der Waals surface area contributed by atoms with Crippen LogP contribution in [0, 0.1) is 0 Å². The van der Waals surface area contributed by atoms with Crippen molar-refractivity contribution in [1.29, 1.82) is 0 Å². The second-order valence-electron chi connectivity index (χ2n) is 4.55. The summed E-state index contributed by atoms with van der Waals surface area (Å²) >= 11 is 0. The first-order valence-corrected chi connectivity index (χ1v) is 6.46. The summed E-state index contributed by atoms with van der Waals surface area (Å²) in [5, 5.41) is 7.12. The van der Waals surface area contributed by atoms with Crippen molar-refractivity contribution in [2.24, 2.45) is 0 Å². The molecule has 0 spiro atoms.